The van der Waals surface area contributed by atoms with Crippen LogP contribution in [0.2, 0.25) is 0 Å². The Bertz CT molecular complexity index is 633. The number of benzene rings is 1. The van der Waals surface area contributed by atoms with E-state index >= 15 is 0 Å². The van der Waals surface area contributed by atoms with Gasteiger partial charge in [-0.05, 0) is 37.1 Å². The zero-order valence-corrected chi connectivity index (χ0v) is 12.6. The molecule has 0 aromatic heterocycles. The maximum atomic E-state index is 12.5. The van der Waals surface area contributed by atoms with E-state index in [0.29, 0.717) is 11.4 Å². The molecule has 4 heteroatoms. The van der Waals surface area contributed by atoms with Crippen molar-refractivity contribution in [1.29, 1.82) is 0 Å². The largest absolute Gasteiger partial charge is 0.353 e. The lowest BCUT2D eigenvalue weighted by atomic mass is 10.2. The quantitative estimate of drug-likeness (QED) is 0.855. The monoisotopic (exact) mass is 289 g/mol. The third-order valence-electron chi connectivity index (χ3n) is 3.23. The number of allylic oxidation sites excluding steroid dienone is 4. The number of rotatable bonds is 4. The van der Waals surface area contributed by atoms with E-state index in [0.717, 1.165) is 11.1 Å². The van der Waals surface area contributed by atoms with Crippen molar-refractivity contribution in [2.45, 2.75) is 18.7 Å². The summed E-state index contributed by atoms with van der Waals surface area (Å²) in [6, 6.07) is 5.57. The normalized spacial score (nSPS) is 14.6. The van der Waals surface area contributed by atoms with Gasteiger partial charge in [-0.15, -0.1) is 0 Å². The SMILES string of the molecule is Cc1cccc(C)c1S(=O)(=O)CCN1C=CC=CC=C1. The molecule has 0 aliphatic carbocycles. The van der Waals surface area contributed by atoms with Crippen molar-refractivity contribution in [2.24, 2.45) is 0 Å². The zero-order valence-electron chi connectivity index (χ0n) is 11.8. The molecule has 0 atom stereocenters. The predicted octanol–water partition coefficient (Wildman–Crippen LogP) is 2.98. The Morgan fingerprint density at radius 3 is 2.05 bits per heavy atom. The molecule has 0 N–H and O–H groups in total. The summed E-state index contributed by atoms with van der Waals surface area (Å²) in [7, 11) is -3.26. The second-order valence-electron chi connectivity index (χ2n) is 4.85. The fourth-order valence-electron chi connectivity index (χ4n) is 2.26. The van der Waals surface area contributed by atoms with Crippen LogP contribution in [0.1, 0.15) is 11.1 Å². The van der Waals surface area contributed by atoms with E-state index in [1.165, 1.54) is 0 Å². The van der Waals surface area contributed by atoms with Gasteiger partial charge in [-0.1, -0.05) is 30.4 Å². The minimum Gasteiger partial charge on any atom is -0.353 e. The molecular formula is C16H19NO2S. The first kappa shape index (κ1) is 14.6. The van der Waals surface area contributed by atoms with Crippen molar-refractivity contribution < 1.29 is 8.42 Å². The Balaban J connectivity index is 2.16. The Morgan fingerprint density at radius 1 is 0.950 bits per heavy atom. The van der Waals surface area contributed by atoms with Gasteiger partial charge in [0.05, 0.1) is 10.6 Å². The second-order valence-corrected chi connectivity index (χ2v) is 6.89. The Kier molecular flexibility index (Phi) is 4.45. The maximum absolute atomic E-state index is 12.5. The lowest BCUT2D eigenvalue weighted by molar-refractivity contribution is 0.526. The first-order chi connectivity index (χ1) is 9.50. The molecule has 0 amide bonds. The molecule has 0 unspecified atom stereocenters. The van der Waals surface area contributed by atoms with Crippen molar-refractivity contribution in [2.75, 3.05) is 12.3 Å². The molecule has 0 radical (unpaired) electrons. The van der Waals surface area contributed by atoms with Crippen LogP contribution in [0.4, 0.5) is 0 Å². The molecule has 1 heterocycles. The lowest BCUT2D eigenvalue weighted by Crippen LogP contribution is -2.21. The fourth-order valence-corrected chi connectivity index (χ4v) is 4.04. The molecule has 2 rings (SSSR count). The van der Waals surface area contributed by atoms with Gasteiger partial charge >= 0.3 is 0 Å². The summed E-state index contributed by atoms with van der Waals surface area (Å²) in [6.07, 6.45) is 11.4. The minimum atomic E-state index is -3.26. The summed E-state index contributed by atoms with van der Waals surface area (Å²) < 4.78 is 25.0. The zero-order chi connectivity index (χ0) is 14.6. The predicted molar refractivity (Wildman–Crippen MR) is 82.1 cm³/mol. The van der Waals surface area contributed by atoms with Gasteiger partial charge in [0.15, 0.2) is 9.84 Å². The van der Waals surface area contributed by atoms with Gasteiger partial charge in [0, 0.05) is 18.9 Å². The molecule has 0 bridgehead atoms. The standard InChI is InChI=1S/C16H19NO2S/c1-14-8-7-9-15(2)16(14)20(18,19)13-12-17-10-5-3-4-6-11-17/h3-11H,12-13H2,1-2H3. The van der Waals surface area contributed by atoms with Crippen molar-refractivity contribution >= 4 is 9.84 Å². The lowest BCUT2D eigenvalue weighted by Gasteiger charge is -2.16. The molecule has 0 fully saturated rings. The number of sulfone groups is 1. The molecule has 106 valence electrons. The van der Waals surface area contributed by atoms with Crippen molar-refractivity contribution in [1.82, 2.24) is 4.90 Å². The van der Waals surface area contributed by atoms with E-state index < -0.39 is 9.84 Å². The highest BCUT2D eigenvalue weighted by atomic mass is 32.2. The van der Waals surface area contributed by atoms with E-state index in [1.54, 1.807) is 0 Å². The van der Waals surface area contributed by atoms with Crippen LogP contribution in [0.25, 0.3) is 0 Å². The van der Waals surface area contributed by atoms with Crippen LogP contribution in [-0.2, 0) is 9.84 Å². The third kappa shape index (κ3) is 3.39. The van der Waals surface area contributed by atoms with Crippen LogP contribution in [0.15, 0.2) is 59.8 Å². The van der Waals surface area contributed by atoms with E-state index in [-0.39, 0.29) is 5.75 Å². The van der Waals surface area contributed by atoms with Crippen LogP contribution in [0.5, 0.6) is 0 Å². The summed E-state index contributed by atoms with van der Waals surface area (Å²) in [4.78, 5) is 2.35. The molecule has 1 aromatic carbocycles. The van der Waals surface area contributed by atoms with Gasteiger partial charge in [0.2, 0.25) is 0 Å². The molecule has 0 saturated heterocycles. The van der Waals surface area contributed by atoms with Gasteiger partial charge in [-0.2, -0.15) is 0 Å². The molecule has 3 nitrogen and oxygen atoms in total. The van der Waals surface area contributed by atoms with Gasteiger partial charge in [-0.3, -0.25) is 0 Å². The van der Waals surface area contributed by atoms with E-state index in [4.69, 9.17) is 0 Å². The highest BCUT2D eigenvalue weighted by Gasteiger charge is 2.19. The van der Waals surface area contributed by atoms with Crippen molar-refractivity contribution in [3.05, 3.63) is 66.0 Å². The summed E-state index contributed by atoms with van der Waals surface area (Å²) >= 11 is 0. The Morgan fingerprint density at radius 2 is 1.50 bits per heavy atom. The van der Waals surface area contributed by atoms with Crippen LogP contribution in [-0.4, -0.2) is 25.6 Å². The topological polar surface area (TPSA) is 37.4 Å². The molecule has 1 aromatic rings. The van der Waals surface area contributed by atoms with Gasteiger partial charge in [0.1, 0.15) is 0 Å². The molecule has 0 saturated carbocycles. The van der Waals surface area contributed by atoms with Crippen LogP contribution in [0.3, 0.4) is 0 Å². The van der Waals surface area contributed by atoms with Crippen molar-refractivity contribution in [3.63, 3.8) is 0 Å². The summed E-state index contributed by atoms with van der Waals surface area (Å²) in [6.45, 7) is 4.13. The highest BCUT2D eigenvalue weighted by molar-refractivity contribution is 7.91. The maximum Gasteiger partial charge on any atom is 0.180 e. The second kappa shape index (κ2) is 6.09. The van der Waals surface area contributed by atoms with Crippen molar-refractivity contribution in [3.8, 4) is 0 Å². The van der Waals surface area contributed by atoms with Crippen LogP contribution < -0.4 is 0 Å². The minimum absolute atomic E-state index is 0.105. The summed E-state index contributed by atoms with van der Waals surface area (Å²) in [5.41, 5.74) is 1.63. The number of aryl methyl sites for hydroxylation is 2. The Labute approximate surface area is 120 Å². The smallest absolute Gasteiger partial charge is 0.180 e. The van der Waals surface area contributed by atoms with E-state index in [1.807, 2.05) is 73.7 Å². The first-order valence-corrected chi connectivity index (χ1v) is 8.22. The highest BCUT2D eigenvalue weighted by Crippen LogP contribution is 2.21. The van der Waals surface area contributed by atoms with Crippen LogP contribution in [0, 0.1) is 13.8 Å². The van der Waals surface area contributed by atoms with Crippen LogP contribution >= 0.6 is 0 Å². The molecular weight excluding hydrogens is 270 g/mol. The van der Waals surface area contributed by atoms with Gasteiger partial charge in [-0.25, -0.2) is 8.42 Å². The molecule has 0 spiro atoms. The first-order valence-electron chi connectivity index (χ1n) is 6.57. The summed E-state index contributed by atoms with van der Waals surface area (Å²) in [5, 5.41) is 0. The fraction of sp³-hybridized carbons (Fsp3) is 0.250. The molecule has 1 aliphatic rings. The number of hydrogen-bond acceptors (Lipinski definition) is 3. The number of nitrogens with zero attached hydrogens (tertiary/aromatic N) is 1. The van der Waals surface area contributed by atoms with E-state index in [9.17, 15) is 8.42 Å². The van der Waals surface area contributed by atoms with Gasteiger partial charge < -0.3 is 4.90 Å². The van der Waals surface area contributed by atoms with E-state index in [2.05, 4.69) is 0 Å². The van der Waals surface area contributed by atoms with Gasteiger partial charge in [0.25, 0.3) is 0 Å². The Hall–Kier alpha value is -1.81. The average molecular weight is 289 g/mol. The third-order valence-corrected chi connectivity index (χ3v) is 5.21. The summed E-state index contributed by atoms with van der Waals surface area (Å²) in [5.74, 6) is 0.105. The molecule has 20 heavy (non-hydrogen) atoms. The molecule has 1 aliphatic heterocycles. The average Bonchev–Trinajstić information content (AvgIpc) is 2.64. The number of hydrogen-bond donors (Lipinski definition) is 0.